The molecule has 0 saturated heterocycles. The zero-order valence-electron chi connectivity index (χ0n) is 10.7. The quantitative estimate of drug-likeness (QED) is 0.672. The topological polar surface area (TPSA) is 72.3 Å². The summed E-state index contributed by atoms with van der Waals surface area (Å²) in [5, 5.41) is 0. The fourth-order valence-electron chi connectivity index (χ4n) is 2.46. The van der Waals surface area contributed by atoms with E-state index in [2.05, 4.69) is 18.7 Å². The number of hydrogen-bond acceptors (Lipinski definition) is 3. The summed E-state index contributed by atoms with van der Waals surface area (Å²) in [4.78, 5) is 13.7. The fourth-order valence-corrected chi connectivity index (χ4v) is 2.46. The number of nitrogens with zero attached hydrogens (tertiary/aromatic N) is 1. The van der Waals surface area contributed by atoms with Gasteiger partial charge in [-0.25, -0.2) is 0 Å². The van der Waals surface area contributed by atoms with Crippen LogP contribution in [0.3, 0.4) is 0 Å². The summed E-state index contributed by atoms with van der Waals surface area (Å²) < 4.78 is 0. The second kappa shape index (κ2) is 5.15. The van der Waals surface area contributed by atoms with E-state index in [1.54, 1.807) is 0 Å². The second-order valence-electron chi connectivity index (χ2n) is 5.06. The molecule has 1 atom stereocenters. The Balaban J connectivity index is 2.64. The van der Waals surface area contributed by atoms with E-state index in [-0.39, 0.29) is 5.91 Å². The SMILES string of the molecule is CCC(CC)N(C)CC(N)(C(N)=O)C1CC1. The lowest BCUT2D eigenvalue weighted by molar-refractivity contribution is -0.124. The number of likely N-dealkylation sites (N-methyl/N-ethyl adjacent to an activating group) is 1. The molecule has 0 radical (unpaired) electrons. The third kappa shape index (κ3) is 2.74. The highest BCUT2D eigenvalue weighted by Gasteiger charge is 2.47. The molecule has 4 heteroatoms. The fraction of sp³-hybridized carbons (Fsp3) is 0.917. The minimum atomic E-state index is -0.822. The van der Waals surface area contributed by atoms with Gasteiger partial charge in [-0.15, -0.1) is 0 Å². The average molecular weight is 227 g/mol. The molecule has 0 bridgehead atoms. The van der Waals surface area contributed by atoms with Gasteiger partial charge in [-0.3, -0.25) is 4.79 Å². The summed E-state index contributed by atoms with van der Waals surface area (Å²) in [6, 6.07) is 0.487. The van der Waals surface area contributed by atoms with Gasteiger partial charge in [0.25, 0.3) is 0 Å². The zero-order chi connectivity index (χ0) is 12.3. The Morgan fingerprint density at radius 2 is 1.94 bits per heavy atom. The van der Waals surface area contributed by atoms with Gasteiger partial charge in [-0.1, -0.05) is 13.8 Å². The van der Waals surface area contributed by atoms with Crippen molar-refractivity contribution in [3.63, 3.8) is 0 Å². The van der Waals surface area contributed by atoms with Crippen LogP contribution in [0.25, 0.3) is 0 Å². The molecule has 1 unspecified atom stereocenters. The predicted octanol–water partition coefficient (Wildman–Crippen LogP) is 0.700. The summed E-state index contributed by atoms with van der Waals surface area (Å²) >= 11 is 0. The van der Waals surface area contributed by atoms with Crippen molar-refractivity contribution >= 4 is 5.91 Å². The minimum Gasteiger partial charge on any atom is -0.368 e. The summed E-state index contributed by atoms with van der Waals surface area (Å²) in [7, 11) is 2.03. The lowest BCUT2D eigenvalue weighted by Gasteiger charge is -2.35. The molecule has 4 nitrogen and oxygen atoms in total. The van der Waals surface area contributed by atoms with Gasteiger partial charge < -0.3 is 16.4 Å². The van der Waals surface area contributed by atoms with Crippen molar-refractivity contribution in [2.45, 2.75) is 51.1 Å². The molecule has 0 spiro atoms. The van der Waals surface area contributed by atoms with Gasteiger partial charge in [0.2, 0.25) is 5.91 Å². The maximum absolute atomic E-state index is 11.5. The van der Waals surface area contributed by atoms with Gasteiger partial charge in [-0.2, -0.15) is 0 Å². The van der Waals surface area contributed by atoms with Crippen LogP contribution in [0.5, 0.6) is 0 Å². The minimum absolute atomic E-state index is 0.293. The van der Waals surface area contributed by atoms with E-state index < -0.39 is 5.54 Å². The first-order valence-electron chi connectivity index (χ1n) is 6.24. The smallest absolute Gasteiger partial charge is 0.239 e. The monoisotopic (exact) mass is 227 g/mol. The number of nitrogens with two attached hydrogens (primary N) is 2. The molecule has 0 aromatic carbocycles. The normalized spacial score (nSPS) is 20.1. The molecule has 4 N–H and O–H groups in total. The molecule has 94 valence electrons. The second-order valence-corrected chi connectivity index (χ2v) is 5.06. The van der Waals surface area contributed by atoms with Crippen molar-refractivity contribution in [1.82, 2.24) is 4.90 Å². The highest BCUT2D eigenvalue weighted by Crippen LogP contribution is 2.38. The van der Waals surface area contributed by atoms with Gasteiger partial charge >= 0.3 is 0 Å². The first-order chi connectivity index (χ1) is 7.45. The Hall–Kier alpha value is -0.610. The van der Waals surface area contributed by atoms with Crippen LogP contribution >= 0.6 is 0 Å². The molecule has 0 aliphatic heterocycles. The van der Waals surface area contributed by atoms with Crippen LogP contribution in [0.1, 0.15) is 39.5 Å². The molecular formula is C12H25N3O. The van der Waals surface area contributed by atoms with Crippen molar-refractivity contribution in [2.24, 2.45) is 17.4 Å². The van der Waals surface area contributed by atoms with Crippen LogP contribution in [0.2, 0.25) is 0 Å². The van der Waals surface area contributed by atoms with E-state index in [0.717, 1.165) is 25.7 Å². The van der Waals surface area contributed by atoms with Crippen molar-refractivity contribution in [1.29, 1.82) is 0 Å². The van der Waals surface area contributed by atoms with Gasteiger partial charge in [0, 0.05) is 12.6 Å². The highest BCUT2D eigenvalue weighted by molar-refractivity contribution is 5.85. The molecule has 1 rings (SSSR count). The molecule has 0 aromatic rings. The largest absolute Gasteiger partial charge is 0.368 e. The molecule has 0 aromatic heterocycles. The predicted molar refractivity (Wildman–Crippen MR) is 65.8 cm³/mol. The third-order valence-corrected chi connectivity index (χ3v) is 3.84. The lowest BCUT2D eigenvalue weighted by atomic mass is 9.92. The van der Waals surface area contributed by atoms with E-state index in [1.807, 2.05) is 7.05 Å². The zero-order valence-corrected chi connectivity index (χ0v) is 10.7. The van der Waals surface area contributed by atoms with Crippen LogP contribution in [0, 0.1) is 5.92 Å². The molecule has 1 saturated carbocycles. The standard InChI is InChI=1S/C12H25N3O/c1-4-10(5-2)15(3)8-12(14,11(13)16)9-6-7-9/h9-10H,4-8,14H2,1-3H3,(H2,13,16). The molecule has 1 amide bonds. The Morgan fingerprint density at radius 3 is 2.25 bits per heavy atom. The highest BCUT2D eigenvalue weighted by atomic mass is 16.1. The van der Waals surface area contributed by atoms with Gasteiger partial charge in [-0.05, 0) is 38.6 Å². The number of rotatable bonds is 7. The summed E-state index contributed by atoms with van der Waals surface area (Å²) in [5.74, 6) is -0.0605. The third-order valence-electron chi connectivity index (χ3n) is 3.84. The van der Waals surface area contributed by atoms with Crippen molar-refractivity contribution in [2.75, 3.05) is 13.6 Å². The van der Waals surface area contributed by atoms with E-state index in [4.69, 9.17) is 11.5 Å². The van der Waals surface area contributed by atoms with E-state index in [9.17, 15) is 4.79 Å². The maximum Gasteiger partial charge on any atom is 0.239 e. The van der Waals surface area contributed by atoms with Crippen LogP contribution in [-0.2, 0) is 4.79 Å². The van der Waals surface area contributed by atoms with Crippen molar-refractivity contribution < 1.29 is 4.79 Å². The first kappa shape index (κ1) is 13.5. The van der Waals surface area contributed by atoms with E-state index in [1.165, 1.54) is 0 Å². The van der Waals surface area contributed by atoms with Crippen molar-refractivity contribution in [3.05, 3.63) is 0 Å². The van der Waals surface area contributed by atoms with Crippen LogP contribution in [-0.4, -0.2) is 36.0 Å². The molecule has 16 heavy (non-hydrogen) atoms. The maximum atomic E-state index is 11.5. The van der Waals surface area contributed by atoms with Gasteiger partial charge in [0.1, 0.15) is 5.54 Å². The van der Waals surface area contributed by atoms with Crippen molar-refractivity contribution in [3.8, 4) is 0 Å². The van der Waals surface area contributed by atoms with E-state index in [0.29, 0.717) is 18.5 Å². The van der Waals surface area contributed by atoms with Crippen LogP contribution in [0.4, 0.5) is 0 Å². The molecule has 1 fully saturated rings. The van der Waals surface area contributed by atoms with Crippen LogP contribution in [0.15, 0.2) is 0 Å². The Bertz CT molecular complexity index is 249. The number of amides is 1. The first-order valence-corrected chi connectivity index (χ1v) is 6.24. The number of carbonyl (C=O) groups is 1. The average Bonchev–Trinajstić information content (AvgIpc) is 3.02. The molecule has 0 heterocycles. The Morgan fingerprint density at radius 1 is 1.44 bits per heavy atom. The Labute approximate surface area is 98.3 Å². The summed E-state index contributed by atoms with van der Waals surface area (Å²) in [5.41, 5.74) is 10.8. The molecule has 1 aliphatic rings. The summed E-state index contributed by atoms with van der Waals surface area (Å²) in [6.07, 6.45) is 4.23. The van der Waals surface area contributed by atoms with Gasteiger partial charge in [0.15, 0.2) is 0 Å². The number of primary amides is 1. The van der Waals surface area contributed by atoms with E-state index >= 15 is 0 Å². The molecule has 1 aliphatic carbocycles. The Kier molecular flexibility index (Phi) is 4.33. The van der Waals surface area contributed by atoms with Crippen LogP contribution < -0.4 is 11.5 Å². The number of carbonyl (C=O) groups excluding carboxylic acids is 1. The lowest BCUT2D eigenvalue weighted by Crippen LogP contribution is -2.61. The molecular weight excluding hydrogens is 202 g/mol. The number of hydrogen-bond donors (Lipinski definition) is 2. The summed E-state index contributed by atoms with van der Waals surface area (Å²) in [6.45, 7) is 4.90. The van der Waals surface area contributed by atoms with Gasteiger partial charge in [0.05, 0.1) is 0 Å².